The van der Waals surface area contributed by atoms with Crippen LogP contribution in [0.4, 0.5) is 4.39 Å². The van der Waals surface area contributed by atoms with Crippen molar-refractivity contribution < 1.29 is 9.13 Å². The Morgan fingerprint density at radius 3 is 3.20 bits per heavy atom. The first kappa shape index (κ1) is 10.6. The topological polar surface area (TPSA) is 21.3 Å². The van der Waals surface area contributed by atoms with Gasteiger partial charge < -0.3 is 10.1 Å². The van der Waals surface area contributed by atoms with Crippen molar-refractivity contribution in [2.75, 3.05) is 20.2 Å². The van der Waals surface area contributed by atoms with Gasteiger partial charge in [-0.2, -0.15) is 0 Å². The molecular weight excluding hydrogens is 193 g/mol. The predicted molar refractivity (Wildman–Crippen MR) is 57.3 cm³/mol. The average molecular weight is 209 g/mol. The molecule has 1 heterocycles. The van der Waals surface area contributed by atoms with Gasteiger partial charge in [0, 0.05) is 13.2 Å². The number of halogens is 1. The summed E-state index contributed by atoms with van der Waals surface area (Å²) in [6, 6.07) is 5.25. The monoisotopic (exact) mass is 209 g/mol. The van der Waals surface area contributed by atoms with E-state index in [9.17, 15) is 4.39 Å². The molecule has 15 heavy (non-hydrogen) atoms. The van der Waals surface area contributed by atoms with Crippen LogP contribution in [-0.2, 0) is 11.2 Å². The predicted octanol–water partition coefficient (Wildman–Crippen LogP) is 2.05. The van der Waals surface area contributed by atoms with Crippen molar-refractivity contribution in [1.82, 2.24) is 5.32 Å². The van der Waals surface area contributed by atoms with Gasteiger partial charge in [0.2, 0.25) is 0 Å². The molecule has 0 saturated heterocycles. The number of benzene rings is 1. The summed E-state index contributed by atoms with van der Waals surface area (Å²) in [4.78, 5) is 0. The number of fused-ring (bicyclic) bond motifs is 1. The third-order valence-electron chi connectivity index (χ3n) is 2.78. The fraction of sp³-hybridized carbons (Fsp3) is 0.500. The zero-order valence-corrected chi connectivity index (χ0v) is 8.92. The van der Waals surface area contributed by atoms with E-state index in [1.54, 1.807) is 6.07 Å². The highest BCUT2D eigenvalue weighted by Gasteiger charge is 2.20. The summed E-state index contributed by atoms with van der Waals surface area (Å²) in [5.74, 6) is -0.0981. The van der Waals surface area contributed by atoms with Crippen molar-refractivity contribution in [3.05, 3.63) is 35.1 Å². The first-order chi connectivity index (χ1) is 7.33. The molecule has 0 amide bonds. The quantitative estimate of drug-likeness (QED) is 0.805. The molecule has 0 bridgehead atoms. The van der Waals surface area contributed by atoms with Gasteiger partial charge in [-0.15, -0.1) is 0 Å². The van der Waals surface area contributed by atoms with Gasteiger partial charge in [-0.1, -0.05) is 12.1 Å². The van der Waals surface area contributed by atoms with Crippen LogP contribution in [0.3, 0.4) is 0 Å². The van der Waals surface area contributed by atoms with Crippen LogP contribution in [0.2, 0.25) is 0 Å². The molecule has 0 spiro atoms. The minimum absolute atomic E-state index is 0.0109. The molecule has 1 aromatic rings. The van der Waals surface area contributed by atoms with Gasteiger partial charge in [0.25, 0.3) is 0 Å². The first-order valence-corrected chi connectivity index (χ1v) is 5.36. The normalized spacial score (nSPS) is 20.8. The highest BCUT2D eigenvalue weighted by Crippen LogP contribution is 2.27. The Labute approximate surface area is 89.4 Å². The maximum absolute atomic E-state index is 13.6. The van der Waals surface area contributed by atoms with Crippen LogP contribution in [0.15, 0.2) is 18.2 Å². The summed E-state index contributed by atoms with van der Waals surface area (Å²) in [6.45, 7) is 1.44. The third kappa shape index (κ3) is 2.19. The average Bonchev–Trinajstić information content (AvgIpc) is 2.43. The minimum atomic E-state index is -0.0981. The summed E-state index contributed by atoms with van der Waals surface area (Å²) in [6.07, 6.45) is 1.67. The van der Waals surface area contributed by atoms with Gasteiger partial charge in [-0.25, -0.2) is 4.39 Å². The second kappa shape index (κ2) is 4.73. The van der Waals surface area contributed by atoms with Gasteiger partial charge >= 0.3 is 0 Å². The number of hydrogen-bond acceptors (Lipinski definition) is 2. The maximum atomic E-state index is 13.6. The number of likely N-dealkylation sites (N-methyl/N-ethyl adjacent to an activating group) is 1. The molecule has 1 aromatic carbocycles. The molecule has 0 saturated carbocycles. The van der Waals surface area contributed by atoms with E-state index in [1.807, 2.05) is 13.1 Å². The van der Waals surface area contributed by atoms with Crippen molar-refractivity contribution in [3.8, 4) is 0 Å². The first-order valence-electron chi connectivity index (χ1n) is 5.36. The fourth-order valence-corrected chi connectivity index (χ4v) is 2.06. The molecule has 0 aromatic heterocycles. The number of ether oxygens (including phenoxy) is 1. The lowest BCUT2D eigenvalue weighted by Gasteiger charge is -2.17. The van der Waals surface area contributed by atoms with E-state index in [0.717, 1.165) is 30.5 Å². The van der Waals surface area contributed by atoms with E-state index in [2.05, 4.69) is 5.32 Å². The summed E-state index contributed by atoms with van der Waals surface area (Å²) in [5, 5.41) is 3.08. The minimum Gasteiger partial charge on any atom is -0.372 e. The Bertz CT molecular complexity index is 340. The van der Waals surface area contributed by atoms with Gasteiger partial charge in [-0.05, 0) is 37.1 Å². The fourth-order valence-electron chi connectivity index (χ4n) is 2.06. The Balaban J connectivity index is 2.36. The maximum Gasteiger partial charge on any atom is 0.126 e. The zero-order valence-electron chi connectivity index (χ0n) is 8.92. The molecule has 2 rings (SSSR count). The Hall–Kier alpha value is -0.930. The lowest BCUT2D eigenvalue weighted by molar-refractivity contribution is 0.0578. The van der Waals surface area contributed by atoms with Gasteiger partial charge in [0.05, 0.1) is 6.10 Å². The van der Waals surface area contributed by atoms with Crippen LogP contribution in [0, 0.1) is 5.82 Å². The summed E-state index contributed by atoms with van der Waals surface area (Å²) < 4.78 is 19.3. The van der Waals surface area contributed by atoms with E-state index in [0.29, 0.717) is 6.61 Å². The van der Waals surface area contributed by atoms with E-state index in [4.69, 9.17) is 4.74 Å². The molecule has 82 valence electrons. The van der Waals surface area contributed by atoms with Gasteiger partial charge in [-0.3, -0.25) is 0 Å². The molecule has 1 N–H and O–H groups in total. The van der Waals surface area contributed by atoms with Crippen molar-refractivity contribution in [3.63, 3.8) is 0 Å². The summed E-state index contributed by atoms with van der Waals surface area (Å²) in [5.41, 5.74) is 1.83. The van der Waals surface area contributed by atoms with E-state index in [-0.39, 0.29) is 11.9 Å². The van der Waals surface area contributed by atoms with Crippen LogP contribution >= 0.6 is 0 Å². The number of nitrogens with one attached hydrogen (secondary N) is 1. The summed E-state index contributed by atoms with van der Waals surface area (Å²) >= 11 is 0. The van der Waals surface area contributed by atoms with Crippen molar-refractivity contribution in [1.29, 1.82) is 0 Å². The standard InChI is InChI=1S/C12H16FNO/c1-14-8-12-10-4-2-6-11(13)9(10)5-3-7-15-12/h2,4,6,12,14H,3,5,7-8H2,1H3/t12-/m0/s1. The van der Waals surface area contributed by atoms with Crippen LogP contribution in [0.1, 0.15) is 23.7 Å². The molecule has 0 aliphatic carbocycles. The van der Waals surface area contributed by atoms with Crippen molar-refractivity contribution in [2.45, 2.75) is 18.9 Å². The van der Waals surface area contributed by atoms with E-state index < -0.39 is 0 Å². The lowest BCUT2D eigenvalue weighted by atomic mass is 9.99. The molecule has 0 radical (unpaired) electrons. The zero-order chi connectivity index (χ0) is 10.7. The largest absolute Gasteiger partial charge is 0.372 e. The van der Waals surface area contributed by atoms with Crippen LogP contribution < -0.4 is 5.32 Å². The molecule has 2 nitrogen and oxygen atoms in total. The van der Waals surface area contributed by atoms with E-state index in [1.165, 1.54) is 6.07 Å². The Kier molecular flexibility index (Phi) is 3.34. The SMILES string of the molecule is CNC[C@@H]1OCCCc2c(F)cccc21. The molecule has 0 fully saturated rings. The van der Waals surface area contributed by atoms with Crippen LogP contribution in [0.5, 0.6) is 0 Å². The molecule has 1 aliphatic heterocycles. The lowest BCUT2D eigenvalue weighted by Crippen LogP contribution is -2.20. The Morgan fingerprint density at radius 2 is 2.40 bits per heavy atom. The van der Waals surface area contributed by atoms with Crippen molar-refractivity contribution >= 4 is 0 Å². The molecular formula is C12H16FNO. The molecule has 1 aliphatic rings. The highest BCUT2D eigenvalue weighted by molar-refractivity contribution is 5.31. The highest BCUT2D eigenvalue weighted by atomic mass is 19.1. The van der Waals surface area contributed by atoms with Crippen LogP contribution in [0.25, 0.3) is 0 Å². The molecule has 3 heteroatoms. The summed E-state index contributed by atoms with van der Waals surface area (Å²) in [7, 11) is 1.88. The smallest absolute Gasteiger partial charge is 0.126 e. The molecule has 0 unspecified atom stereocenters. The number of hydrogen-bond donors (Lipinski definition) is 1. The van der Waals surface area contributed by atoms with Crippen molar-refractivity contribution in [2.24, 2.45) is 0 Å². The Morgan fingerprint density at radius 1 is 1.53 bits per heavy atom. The second-order valence-electron chi connectivity index (χ2n) is 3.83. The third-order valence-corrected chi connectivity index (χ3v) is 2.78. The van der Waals surface area contributed by atoms with Gasteiger partial charge in [0.1, 0.15) is 5.82 Å². The number of rotatable bonds is 2. The van der Waals surface area contributed by atoms with Gasteiger partial charge in [0.15, 0.2) is 0 Å². The molecule has 1 atom stereocenters. The van der Waals surface area contributed by atoms with E-state index >= 15 is 0 Å². The second-order valence-corrected chi connectivity index (χ2v) is 3.83. The van der Waals surface area contributed by atoms with Crippen LogP contribution in [-0.4, -0.2) is 20.2 Å².